The van der Waals surface area contributed by atoms with E-state index in [0.29, 0.717) is 0 Å². The molecule has 2 unspecified atom stereocenters. The maximum Gasteiger partial charge on any atom is 0.117 e. The molecule has 21 heavy (non-hydrogen) atoms. The van der Waals surface area contributed by atoms with Gasteiger partial charge in [-0.3, -0.25) is 4.90 Å². The third-order valence-electron chi connectivity index (χ3n) is 3.81. The Morgan fingerprint density at radius 3 is 2.62 bits per heavy atom. The maximum atomic E-state index is 6.39. The van der Waals surface area contributed by atoms with Crippen LogP contribution in [0, 0.1) is 0 Å². The van der Waals surface area contributed by atoms with Crippen LogP contribution in [0.15, 0.2) is 47.1 Å². The molecule has 0 spiro atoms. The van der Waals surface area contributed by atoms with Crippen LogP contribution in [0.2, 0.25) is 5.02 Å². The van der Waals surface area contributed by atoms with Gasteiger partial charge in [-0.1, -0.05) is 37.6 Å². The van der Waals surface area contributed by atoms with E-state index in [9.17, 15) is 0 Å². The minimum absolute atomic E-state index is 0.0541. The van der Waals surface area contributed by atoms with Crippen LogP contribution in [0.5, 0.6) is 0 Å². The molecule has 2 rings (SSSR count). The number of likely N-dealkylation sites (N-methyl/N-ethyl adjacent to an activating group) is 1. The van der Waals surface area contributed by atoms with Gasteiger partial charge in [-0.2, -0.15) is 0 Å². The van der Waals surface area contributed by atoms with Crippen molar-refractivity contribution in [1.29, 1.82) is 0 Å². The zero-order valence-corrected chi connectivity index (χ0v) is 13.4. The van der Waals surface area contributed by atoms with Gasteiger partial charge in [0.15, 0.2) is 0 Å². The van der Waals surface area contributed by atoms with Crippen molar-refractivity contribution in [3.05, 3.63) is 59.0 Å². The number of hydrogen-bond acceptors (Lipinski definition) is 3. The molecular formula is C17H23ClN2O. The Kier molecular flexibility index (Phi) is 5.85. The van der Waals surface area contributed by atoms with Crippen molar-refractivity contribution in [2.75, 3.05) is 6.54 Å². The normalized spacial score (nSPS) is 14.3. The molecule has 0 amide bonds. The monoisotopic (exact) mass is 306 g/mol. The third-order valence-corrected chi connectivity index (χ3v) is 4.04. The summed E-state index contributed by atoms with van der Waals surface area (Å²) in [6.07, 6.45) is 2.61. The van der Waals surface area contributed by atoms with Crippen LogP contribution in [-0.2, 0) is 6.54 Å². The summed E-state index contributed by atoms with van der Waals surface area (Å²) in [6, 6.07) is 12.1. The summed E-state index contributed by atoms with van der Waals surface area (Å²) in [7, 11) is 0. The van der Waals surface area contributed by atoms with Crippen LogP contribution in [0.4, 0.5) is 0 Å². The highest BCUT2D eigenvalue weighted by Gasteiger charge is 2.25. The van der Waals surface area contributed by atoms with Crippen molar-refractivity contribution < 1.29 is 4.42 Å². The van der Waals surface area contributed by atoms with Crippen LogP contribution in [0.25, 0.3) is 0 Å². The Bertz CT molecular complexity index is 541. The molecule has 1 heterocycles. The van der Waals surface area contributed by atoms with Gasteiger partial charge in [0.05, 0.1) is 18.8 Å². The van der Waals surface area contributed by atoms with Gasteiger partial charge in [0.25, 0.3) is 0 Å². The van der Waals surface area contributed by atoms with E-state index in [0.717, 1.165) is 35.9 Å². The summed E-state index contributed by atoms with van der Waals surface area (Å²) in [4.78, 5) is 2.33. The van der Waals surface area contributed by atoms with Crippen molar-refractivity contribution in [1.82, 2.24) is 4.90 Å². The molecule has 0 radical (unpaired) electrons. The lowest BCUT2D eigenvalue weighted by molar-refractivity contribution is 0.157. The van der Waals surface area contributed by atoms with Crippen LogP contribution in [0.3, 0.4) is 0 Å². The topological polar surface area (TPSA) is 42.4 Å². The second-order valence-electron chi connectivity index (χ2n) is 5.21. The predicted molar refractivity (Wildman–Crippen MR) is 87.3 cm³/mol. The van der Waals surface area contributed by atoms with Crippen molar-refractivity contribution in [3.8, 4) is 0 Å². The first-order valence-electron chi connectivity index (χ1n) is 7.43. The Morgan fingerprint density at radius 2 is 2.05 bits per heavy atom. The van der Waals surface area contributed by atoms with Crippen molar-refractivity contribution >= 4 is 11.6 Å². The fourth-order valence-corrected chi connectivity index (χ4v) is 2.85. The molecule has 1 aromatic carbocycles. The van der Waals surface area contributed by atoms with E-state index >= 15 is 0 Å². The second-order valence-corrected chi connectivity index (χ2v) is 5.65. The van der Waals surface area contributed by atoms with E-state index < -0.39 is 0 Å². The fourth-order valence-electron chi connectivity index (χ4n) is 2.65. The Balaban J connectivity index is 2.29. The quantitative estimate of drug-likeness (QED) is 0.832. The zero-order valence-electron chi connectivity index (χ0n) is 12.6. The van der Waals surface area contributed by atoms with E-state index in [1.165, 1.54) is 0 Å². The molecule has 0 aliphatic heterocycles. The van der Waals surface area contributed by atoms with Gasteiger partial charge < -0.3 is 10.2 Å². The fraction of sp³-hybridized carbons (Fsp3) is 0.412. The van der Waals surface area contributed by atoms with Crippen LogP contribution in [0.1, 0.15) is 37.6 Å². The van der Waals surface area contributed by atoms with Crippen LogP contribution < -0.4 is 5.73 Å². The molecule has 2 N–H and O–H groups in total. The highest BCUT2D eigenvalue weighted by molar-refractivity contribution is 6.30. The SMILES string of the molecule is CCC(N)C(c1cccc(Cl)c1)N(CC)Cc1ccco1. The Morgan fingerprint density at radius 1 is 1.24 bits per heavy atom. The molecule has 0 saturated heterocycles. The molecule has 2 atom stereocenters. The zero-order chi connectivity index (χ0) is 15.2. The lowest BCUT2D eigenvalue weighted by Crippen LogP contribution is -2.40. The van der Waals surface area contributed by atoms with Crippen molar-refractivity contribution in [2.45, 2.75) is 38.9 Å². The molecule has 0 bridgehead atoms. The lowest BCUT2D eigenvalue weighted by atomic mass is 9.96. The number of halogens is 1. The van der Waals surface area contributed by atoms with Crippen molar-refractivity contribution in [2.24, 2.45) is 5.73 Å². The molecule has 114 valence electrons. The standard InChI is InChI=1S/C17H23ClN2O/c1-3-16(19)17(13-7-5-8-14(18)11-13)20(4-2)12-15-9-6-10-21-15/h5-11,16-17H,3-4,12,19H2,1-2H3. The van der Waals surface area contributed by atoms with E-state index in [-0.39, 0.29) is 12.1 Å². The second kappa shape index (κ2) is 7.64. The summed E-state index contributed by atoms with van der Waals surface area (Å²) in [5.74, 6) is 0.951. The maximum absolute atomic E-state index is 6.39. The summed E-state index contributed by atoms with van der Waals surface area (Å²) < 4.78 is 5.48. The molecule has 1 aromatic heterocycles. The van der Waals surface area contributed by atoms with Gasteiger partial charge >= 0.3 is 0 Å². The first-order chi connectivity index (χ1) is 10.2. The van der Waals surface area contributed by atoms with Gasteiger partial charge in [-0.25, -0.2) is 0 Å². The molecule has 2 aromatic rings. The first-order valence-corrected chi connectivity index (χ1v) is 7.81. The molecule has 4 heteroatoms. The first kappa shape index (κ1) is 16.1. The smallest absolute Gasteiger partial charge is 0.117 e. The minimum Gasteiger partial charge on any atom is -0.468 e. The average molecular weight is 307 g/mol. The van der Waals surface area contributed by atoms with Gasteiger partial charge in [-0.05, 0) is 42.8 Å². The van der Waals surface area contributed by atoms with Gasteiger partial charge in [-0.15, -0.1) is 0 Å². The number of hydrogen-bond donors (Lipinski definition) is 1. The van der Waals surface area contributed by atoms with Gasteiger partial charge in [0, 0.05) is 11.1 Å². The number of benzene rings is 1. The van der Waals surface area contributed by atoms with Gasteiger partial charge in [0.2, 0.25) is 0 Å². The number of furan rings is 1. The van der Waals surface area contributed by atoms with E-state index in [2.05, 4.69) is 24.8 Å². The summed E-state index contributed by atoms with van der Waals surface area (Å²) in [5.41, 5.74) is 7.55. The summed E-state index contributed by atoms with van der Waals surface area (Å²) in [6.45, 7) is 5.89. The number of rotatable bonds is 7. The van der Waals surface area contributed by atoms with Crippen LogP contribution >= 0.6 is 11.6 Å². The lowest BCUT2D eigenvalue weighted by Gasteiger charge is -2.34. The highest BCUT2D eigenvalue weighted by Crippen LogP contribution is 2.28. The molecular weight excluding hydrogens is 284 g/mol. The summed E-state index contributed by atoms with van der Waals surface area (Å²) in [5, 5.41) is 0.745. The van der Waals surface area contributed by atoms with E-state index in [4.69, 9.17) is 21.8 Å². The largest absolute Gasteiger partial charge is 0.468 e. The third kappa shape index (κ3) is 4.10. The highest BCUT2D eigenvalue weighted by atomic mass is 35.5. The molecule has 0 aliphatic rings. The Labute approximate surface area is 131 Å². The van der Waals surface area contributed by atoms with E-state index in [1.807, 2.05) is 30.3 Å². The summed E-state index contributed by atoms with van der Waals surface area (Å²) >= 11 is 6.15. The number of nitrogens with two attached hydrogens (primary N) is 1. The van der Waals surface area contributed by atoms with Crippen LogP contribution in [-0.4, -0.2) is 17.5 Å². The van der Waals surface area contributed by atoms with Gasteiger partial charge in [0.1, 0.15) is 5.76 Å². The average Bonchev–Trinajstić information content (AvgIpc) is 2.99. The molecule has 0 fully saturated rings. The minimum atomic E-state index is 0.0541. The molecule has 0 aliphatic carbocycles. The van der Waals surface area contributed by atoms with E-state index in [1.54, 1.807) is 6.26 Å². The molecule has 0 saturated carbocycles. The molecule has 3 nitrogen and oxygen atoms in total. The van der Waals surface area contributed by atoms with Crippen molar-refractivity contribution in [3.63, 3.8) is 0 Å². The Hall–Kier alpha value is -1.29. The predicted octanol–water partition coefficient (Wildman–Crippen LogP) is 4.23. The number of nitrogens with zero attached hydrogens (tertiary/aromatic N) is 1.